The summed E-state index contributed by atoms with van der Waals surface area (Å²) in [5, 5.41) is 34.7. The lowest BCUT2D eigenvalue weighted by Crippen LogP contribution is -2.11. The Kier molecular flexibility index (Phi) is 4.99. The summed E-state index contributed by atoms with van der Waals surface area (Å²) in [6, 6.07) is 17.0. The first kappa shape index (κ1) is 18.5. The minimum absolute atomic E-state index is 0.0481. The van der Waals surface area contributed by atoms with E-state index in [0.717, 1.165) is 0 Å². The van der Waals surface area contributed by atoms with Crippen LogP contribution in [0.5, 0.6) is 0 Å². The average Bonchev–Trinajstić information content (AvgIpc) is 2.69. The van der Waals surface area contributed by atoms with Crippen molar-refractivity contribution in [2.75, 3.05) is 0 Å². The maximum absolute atomic E-state index is 11.6. The topological polar surface area (TPSA) is 129 Å². The highest BCUT2D eigenvalue weighted by molar-refractivity contribution is 5.71. The van der Waals surface area contributed by atoms with Crippen molar-refractivity contribution in [1.29, 1.82) is 0 Å². The van der Waals surface area contributed by atoms with Gasteiger partial charge in [0, 0.05) is 14.8 Å². The molecule has 0 heterocycles. The summed E-state index contributed by atoms with van der Waals surface area (Å²) in [5.74, 6) is 0.0481. The van der Waals surface area contributed by atoms with Gasteiger partial charge in [0.25, 0.3) is 0 Å². The van der Waals surface area contributed by atoms with Crippen LogP contribution in [-0.2, 0) is 0 Å². The van der Waals surface area contributed by atoms with Gasteiger partial charge >= 0.3 is 0 Å². The van der Waals surface area contributed by atoms with Crippen LogP contribution in [0, 0.1) is 36.3 Å². The number of nitro groups is 3. The first-order valence-electron chi connectivity index (χ1n) is 8.00. The lowest BCUT2D eigenvalue weighted by Gasteiger charge is -2.24. The molecule has 0 unspecified atom stereocenters. The van der Waals surface area contributed by atoms with Crippen molar-refractivity contribution in [3.05, 3.63) is 126 Å². The van der Waals surface area contributed by atoms with E-state index in [2.05, 4.69) is 0 Å². The quantitative estimate of drug-likeness (QED) is 0.270. The lowest BCUT2D eigenvalue weighted by atomic mass is 9.82. The summed E-state index contributed by atoms with van der Waals surface area (Å²) < 4.78 is 0. The zero-order valence-corrected chi connectivity index (χ0v) is 14.2. The molecule has 3 aromatic carbocycles. The fourth-order valence-corrected chi connectivity index (χ4v) is 2.97. The molecule has 9 heteroatoms. The molecule has 0 radical (unpaired) electrons. The van der Waals surface area contributed by atoms with E-state index >= 15 is 0 Å². The highest BCUT2D eigenvalue weighted by atomic mass is 16.6. The predicted octanol–water partition coefficient (Wildman–Crippen LogP) is 4.43. The van der Waals surface area contributed by atoms with E-state index in [1.54, 1.807) is 0 Å². The lowest BCUT2D eigenvalue weighted by molar-refractivity contribution is -0.386. The van der Waals surface area contributed by atoms with Gasteiger partial charge in [-0.25, -0.2) is 0 Å². The van der Waals surface area contributed by atoms with E-state index in [1.165, 1.54) is 72.8 Å². The summed E-state index contributed by atoms with van der Waals surface area (Å²) in [5.41, 5.74) is -0.778. The highest BCUT2D eigenvalue weighted by Gasteiger charge is 2.28. The summed E-state index contributed by atoms with van der Waals surface area (Å²) in [6.07, 6.45) is 0. The smallest absolute Gasteiger partial charge is 0.232 e. The molecule has 0 saturated heterocycles. The minimum Gasteiger partial charge on any atom is -0.263 e. The van der Waals surface area contributed by atoms with Crippen LogP contribution in [0.2, 0.25) is 0 Å². The third-order valence-corrected chi connectivity index (χ3v) is 4.11. The van der Waals surface area contributed by atoms with Crippen LogP contribution in [0.15, 0.2) is 72.8 Å². The molecule has 3 rings (SSSR count). The minimum atomic E-state index is -0.626. The zero-order chi connectivity index (χ0) is 20.3. The molecule has 0 bridgehead atoms. The van der Waals surface area contributed by atoms with E-state index < -0.39 is 14.8 Å². The Bertz CT molecular complexity index is 946. The standard InChI is InChI=1S/C19H12N3O6/c23-20(24)16-10-4-1-7-13(16)19(14-8-2-5-11-17(14)21(25)26)15-9-3-6-12-18(15)22(27)28/h1-12H/q-1. The van der Waals surface area contributed by atoms with Crippen LogP contribution >= 0.6 is 0 Å². The number of nitro benzene ring substituents is 3. The molecule has 0 aliphatic rings. The SMILES string of the molecule is O=[N+]([O-])c1ccccc1[C-](c1ccccc1[N+](=O)[O-])c1ccccc1[N+](=O)[O-]. The first-order valence-corrected chi connectivity index (χ1v) is 8.00. The molecule has 140 valence electrons. The van der Waals surface area contributed by atoms with Crippen LogP contribution in [0.25, 0.3) is 0 Å². The van der Waals surface area contributed by atoms with Crippen LogP contribution in [0.4, 0.5) is 17.1 Å². The van der Waals surface area contributed by atoms with Gasteiger partial charge in [-0.1, -0.05) is 60.5 Å². The highest BCUT2D eigenvalue weighted by Crippen LogP contribution is 2.42. The molecule has 0 spiro atoms. The molecule has 0 amide bonds. The second-order valence-electron chi connectivity index (χ2n) is 5.70. The van der Waals surface area contributed by atoms with E-state index in [0.29, 0.717) is 0 Å². The fraction of sp³-hybridized carbons (Fsp3) is 0. The molecule has 0 aliphatic carbocycles. The van der Waals surface area contributed by atoms with Crippen LogP contribution in [0.3, 0.4) is 0 Å². The zero-order valence-electron chi connectivity index (χ0n) is 14.2. The summed E-state index contributed by atoms with van der Waals surface area (Å²) in [4.78, 5) is 32.8. The number of rotatable bonds is 6. The summed E-state index contributed by atoms with van der Waals surface area (Å²) in [6.45, 7) is 0. The van der Waals surface area contributed by atoms with Gasteiger partial charge in [0.2, 0.25) is 17.1 Å². The van der Waals surface area contributed by atoms with Crippen LogP contribution in [-0.4, -0.2) is 14.8 Å². The van der Waals surface area contributed by atoms with Gasteiger partial charge in [0.15, 0.2) is 0 Å². The largest absolute Gasteiger partial charge is 0.263 e. The van der Waals surface area contributed by atoms with Crippen molar-refractivity contribution in [3.8, 4) is 0 Å². The molecule has 0 aliphatic heterocycles. The maximum Gasteiger partial charge on any atom is 0.232 e. The predicted molar refractivity (Wildman–Crippen MR) is 99.8 cm³/mol. The number of benzene rings is 3. The first-order chi connectivity index (χ1) is 13.4. The Morgan fingerprint density at radius 3 is 1.00 bits per heavy atom. The van der Waals surface area contributed by atoms with Gasteiger partial charge in [-0.2, -0.15) is 0 Å². The monoisotopic (exact) mass is 378 g/mol. The molecule has 0 atom stereocenters. The van der Waals surface area contributed by atoms with Crippen molar-refractivity contribution in [2.45, 2.75) is 0 Å². The third-order valence-electron chi connectivity index (χ3n) is 4.11. The Hall–Kier alpha value is -4.27. The van der Waals surface area contributed by atoms with Gasteiger partial charge in [-0.15, -0.1) is 0 Å². The molecule has 0 fully saturated rings. The van der Waals surface area contributed by atoms with E-state index in [-0.39, 0.29) is 39.7 Å². The number of nitrogens with zero attached hydrogens (tertiary/aromatic N) is 3. The number of para-hydroxylation sites is 3. The molecule has 9 nitrogen and oxygen atoms in total. The number of hydrogen-bond acceptors (Lipinski definition) is 6. The van der Waals surface area contributed by atoms with Gasteiger partial charge in [0.05, 0.1) is 0 Å². The molecular weight excluding hydrogens is 366 g/mol. The van der Waals surface area contributed by atoms with Crippen LogP contribution in [0.1, 0.15) is 16.7 Å². The van der Waals surface area contributed by atoms with Gasteiger partial charge in [-0.3, -0.25) is 30.3 Å². The Labute approximate surface area is 158 Å². The third kappa shape index (κ3) is 3.36. The van der Waals surface area contributed by atoms with E-state index in [1.807, 2.05) is 0 Å². The molecule has 0 N–H and O–H groups in total. The van der Waals surface area contributed by atoms with E-state index in [4.69, 9.17) is 0 Å². The fourth-order valence-electron chi connectivity index (χ4n) is 2.97. The van der Waals surface area contributed by atoms with Gasteiger partial charge < -0.3 is 0 Å². The second kappa shape index (κ2) is 7.54. The van der Waals surface area contributed by atoms with Crippen molar-refractivity contribution in [3.63, 3.8) is 0 Å². The molecule has 28 heavy (non-hydrogen) atoms. The summed E-state index contributed by atoms with van der Waals surface area (Å²) >= 11 is 0. The molecule has 3 aromatic rings. The average molecular weight is 378 g/mol. The van der Waals surface area contributed by atoms with Gasteiger partial charge in [-0.05, 0) is 34.9 Å². The van der Waals surface area contributed by atoms with Crippen molar-refractivity contribution in [2.24, 2.45) is 0 Å². The Morgan fingerprint density at radius 2 is 0.750 bits per heavy atom. The molecule has 0 aromatic heterocycles. The van der Waals surface area contributed by atoms with Gasteiger partial charge in [0.1, 0.15) is 0 Å². The van der Waals surface area contributed by atoms with E-state index in [9.17, 15) is 30.3 Å². The van der Waals surface area contributed by atoms with Crippen LogP contribution < -0.4 is 0 Å². The Balaban J connectivity index is 2.40. The van der Waals surface area contributed by atoms with Crippen molar-refractivity contribution in [1.82, 2.24) is 0 Å². The Morgan fingerprint density at radius 1 is 0.500 bits per heavy atom. The van der Waals surface area contributed by atoms with Crippen molar-refractivity contribution < 1.29 is 14.8 Å². The summed E-state index contributed by atoms with van der Waals surface area (Å²) in [7, 11) is 0. The molecular formula is C19H12N3O6-. The normalized spacial score (nSPS) is 10.3. The van der Waals surface area contributed by atoms with Crippen molar-refractivity contribution >= 4 is 17.1 Å². The maximum atomic E-state index is 11.6. The second-order valence-corrected chi connectivity index (χ2v) is 5.70. The molecule has 0 saturated carbocycles. The number of hydrogen-bond donors (Lipinski definition) is 0.